The van der Waals surface area contributed by atoms with Gasteiger partial charge in [0.05, 0.1) is 5.56 Å². The van der Waals surface area contributed by atoms with Crippen LogP contribution < -0.4 is 4.57 Å². The predicted octanol–water partition coefficient (Wildman–Crippen LogP) is 6.02. The van der Waals surface area contributed by atoms with Crippen molar-refractivity contribution in [3.8, 4) is 22.4 Å². The topological polar surface area (TPSA) is 3.88 Å². The van der Waals surface area contributed by atoms with Gasteiger partial charge in [-0.25, -0.2) is 4.57 Å². The van der Waals surface area contributed by atoms with Crippen LogP contribution in [0.25, 0.3) is 33.2 Å². The lowest BCUT2D eigenvalue weighted by Crippen LogP contribution is -2.32. The summed E-state index contributed by atoms with van der Waals surface area (Å²) in [5.74, 6) is 0. The lowest BCUT2D eigenvalue weighted by atomic mass is 9.79. The number of hydrogen-bond donors (Lipinski definition) is 0. The molecule has 0 fully saturated rings. The smallest absolute Gasteiger partial charge is 0.201 e. The Morgan fingerprint density at radius 2 is 1.57 bits per heavy atom. The van der Waals surface area contributed by atoms with Crippen LogP contribution >= 0.6 is 0 Å². The van der Waals surface area contributed by atoms with Crippen molar-refractivity contribution >= 4 is 10.8 Å². The zero-order valence-electron chi connectivity index (χ0n) is 19.6. The van der Waals surface area contributed by atoms with Crippen molar-refractivity contribution in [3.63, 3.8) is 0 Å². The summed E-state index contributed by atoms with van der Waals surface area (Å²) in [7, 11) is 1.95. The van der Waals surface area contributed by atoms with Crippen LogP contribution in [0.3, 0.4) is 0 Å². The van der Waals surface area contributed by atoms with Crippen molar-refractivity contribution in [2.24, 2.45) is 7.05 Å². The highest BCUT2D eigenvalue weighted by Gasteiger charge is 2.25. The van der Waals surface area contributed by atoms with Crippen molar-refractivity contribution in [1.29, 1.82) is 0 Å². The van der Waals surface area contributed by atoms with Crippen LogP contribution in [0.15, 0.2) is 60.8 Å². The van der Waals surface area contributed by atoms with E-state index in [1.807, 2.05) is 24.6 Å². The maximum atomic E-state index is 7.85. The van der Waals surface area contributed by atoms with Crippen molar-refractivity contribution in [3.05, 3.63) is 88.6 Å². The van der Waals surface area contributed by atoms with Gasteiger partial charge < -0.3 is 0 Å². The molecular formula is C27H26N+. The molecular weight excluding hydrogens is 338 g/mol. The highest BCUT2D eigenvalue weighted by Crippen LogP contribution is 2.42. The summed E-state index contributed by atoms with van der Waals surface area (Å²) >= 11 is 0. The van der Waals surface area contributed by atoms with Crippen LogP contribution in [0.5, 0.6) is 0 Å². The zero-order valence-corrected chi connectivity index (χ0v) is 16.6. The minimum atomic E-state index is -2.11. The quantitative estimate of drug-likeness (QED) is 0.362. The summed E-state index contributed by atoms with van der Waals surface area (Å²) in [5, 5.41) is 2.63. The average molecular weight is 368 g/mol. The van der Waals surface area contributed by atoms with Gasteiger partial charge in [0.2, 0.25) is 5.69 Å². The summed E-state index contributed by atoms with van der Waals surface area (Å²) in [4.78, 5) is 0. The molecule has 1 heteroatoms. The number of nitrogens with zero attached hydrogens (tertiary/aromatic N) is 1. The summed E-state index contributed by atoms with van der Waals surface area (Å²) in [6.07, 6.45) is 3.77. The van der Waals surface area contributed by atoms with Crippen molar-refractivity contribution in [2.45, 2.75) is 33.5 Å². The van der Waals surface area contributed by atoms with Crippen LogP contribution in [0.2, 0.25) is 0 Å². The van der Waals surface area contributed by atoms with E-state index < -0.39 is 6.85 Å². The number of aromatic nitrogens is 1. The number of fused-ring (bicyclic) bond motifs is 5. The fourth-order valence-corrected chi connectivity index (χ4v) is 4.74. The highest BCUT2D eigenvalue weighted by molar-refractivity contribution is 5.94. The molecule has 1 nitrogen and oxygen atoms in total. The number of hydrogen-bond acceptors (Lipinski definition) is 0. The first-order chi connectivity index (χ1) is 14.8. The Balaban J connectivity index is 1.75. The van der Waals surface area contributed by atoms with E-state index in [0.717, 1.165) is 24.1 Å². The molecule has 138 valence electrons. The van der Waals surface area contributed by atoms with Gasteiger partial charge in [-0.1, -0.05) is 48.5 Å². The van der Waals surface area contributed by atoms with Gasteiger partial charge >= 0.3 is 0 Å². The SMILES string of the molecule is [2H]C([2H])([2H])c1c[n+](C)c(-c2c(C)ccc3c2CCc2c-3ccc3ccccc23)cc1C. The summed E-state index contributed by atoms with van der Waals surface area (Å²) in [5.41, 5.74) is 10.2. The van der Waals surface area contributed by atoms with Crippen molar-refractivity contribution in [2.75, 3.05) is 0 Å². The number of benzene rings is 3. The first-order valence-electron chi connectivity index (χ1n) is 11.4. The fourth-order valence-electron chi connectivity index (χ4n) is 4.74. The minimum Gasteiger partial charge on any atom is -0.201 e. The maximum Gasteiger partial charge on any atom is 0.213 e. The van der Waals surface area contributed by atoms with Gasteiger partial charge in [-0.3, -0.25) is 0 Å². The Hall–Kier alpha value is -2.93. The molecule has 3 aromatic carbocycles. The normalized spacial score (nSPS) is 14.8. The fraction of sp³-hybridized carbons (Fsp3) is 0.222. The molecule has 0 N–H and O–H groups in total. The highest BCUT2D eigenvalue weighted by atomic mass is 14.9. The lowest BCUT2D eigenvalue weighted by Gasteiger charge is -2.24. The van der Waals surface area contributed by atoms with Crippen LogP contribution in [-0.2, 0) is 19.9 Å². The van der Waals surface area contributed by atoms with E-state index in [1.54, 1.807) is 6.20 Å². The van der Waals surface area contributed by atoms with Crippen molar-refractivity contribution < 1.29 is 8.68 Å². The number of rotatable bonds is 1. The molecule has 0 unspecified atom stereocenters. The molecule has 0 radical (unpaired) electrons. The van der Waals surface area contributed by atoms with Gasteiger partial charge in [-0.05, 0) is 77.7 Å². The maximum absolute atomic E-state index is 7.85. The van der Waals surface area contributed by atoms with Crippen LogP contribution in [0.1, 0.15) is 31.9 Å². The molecule has 0 atom stereocenters. The van der Waals surface area contributed by atoms with Gasteiger partial charge in [0, 0.05) is 15.7 Å². The largest absolute Gasteiger partial charge is 0.213 e. The van der Waals surface area contributed by atoms with Gasteiger partial charge in [-0.2, -0.15) is 0 Å². The number of pyridine rings is 1. The Labute approximate surface area is 171 Å². The monoisotopic (exact) mass is 367 g/mol. The molecule has 1 aliphatic carbocycles. The molecule has 0 saturated heterocycles. The molecule has 1 aliphatic rings. The molecule has 1 aromatic heterocycles. The molecule has 0 saturated carbocycles. The lowest BCUT2D eigenvalue weighted by molar-refractivity contribution is -0.660. The average Bonchev–Trinajstić information content (AvgIpc) is 2.74. The third-order valence-electron chi connectivity index (χ3n) is 6.21. The Morgan fingerprint density at radius 3 is 2.43 bits per heavy atom. The minimum absolute atomic E-state index is 0.415. The molecule has 4 aromatic rings. The Morgan fingerprint density at radius 1 is 0.821 bits per heavy atom. The van der Waals surface area contributed by atoms with E-state index in [0.29, 0.717) is 5.56 Å². The van der Waals surface area contributed by atoms with Gasteiger partial charge in [-0.15, -0.1) is 0 Å². The second kappa shape index (κ2) is 6.31. The summed E-state index contributed by atoms with van der Waals surface area (Å²) in [6, 6.07) is 19.6. The molecule has 0 spiro atoms. The number of aryl methyl sites for hydroxylation is 5. The van der Waals surface area contributed by atoms with E-state index in [9.17, 15) is 0 Å². The van der Waals surface area contributed by atoms with E-state index in [1.165, 1.54) is 44.2 Å². The van der Waals surface area contributed by atoms with Crippen LogP contribution in [0.4, 0.5) is 0 Å². The molecule has 0 aliphatic heterocycles. The second-order valence-corrected chi connectivity index (χ2v) is 7.96. The first-order valence-corrected chi connectivity index (χ1v) is 9.90. The van der Waals surface area contributed by atoms with E-state index >= 15 is 0 Å². The van der Waals surface area contributed by atoms with Gasteiger partial charge in [0.15, 0.2) is 6.20 Å². The standard InChI is InChI=1S/C27H26N/c1-17-9-11-24-23-12-10-20-7-5-6-8-21(20)22(23)13-14-25(24)27(17)26-15-18(2)19(3)16-28(26)4/h5-12,15-16H,13-14H2,1-4H3/q+1/i3D3. The first kappa shape index (κ1) is 14.1. The third kappa shape index (κ3) is 2.50. The van der Waals surface area contributed by atoms with Crippen LogP contribution in [-0.4, -0.2) is 0 Å². The van der Waals surface area contributed by atoms with E-state index in [-0.39, 0.29) is 0 Å². The predicted molar refractivity (Wildman–Crippen MR) is 118 cm³/mol. The molecule has 1 heterocycles. The second-order valence-electron chi connectivity index (χ2n) is 7.96. The molecule has 28 heavy (non-hydrogen) atoms. The third-order valence-corrected chi connectivity index (χ3v) is 6.21. The van der Waals surface area contributed by atoms with Gasteiger partial charge in [0.1, 0.15) is 7.05 Å². The van der Waals surface area contributed by atoms with Crippen molar-refractivity contribution in [1.82, 2.24) is 0 Å². The Bertz CT molecular complexity index is 1350. The van der Waals surface area contributed by atoms with E-state index in [4.69, 9.17) is 4.11 Å². The molecule has 5 rings (SSSR count). The summed E-state index contributed by atoms with van der Waals surface area (Å²) < 4.78 is 25.5. The van der Waals surface area contributed by atoms with E-state index in [2.05, 4.69) is 55.5 Å². The Kier molecular flexibility index (Phi) is 3.18. The molecule has 0 bridgehead atoms. The van der Waals surface area contributed by atoms with Crippen LogP contribution in [0, 0.1) is 20.7 Å². The van der Waals surface area contributed by atoms with Gasteiger partial charge in [0.25, 0.3) is 0 Å². The zero-order chi connectivity index (χ0) is 21.9. The molecule has 0 amide bonds. The summed E-state index contributed by atoms with van der Waals surface area (Å²) in [6.45, 7) is 1.95.